The number of ether oxygens (including phenoxy) is 2. The Labute approximate surface area is 211 Å². The third kappa shape index (κ3) is 5.38. The number of fused-ring (bicyclic) bond motifs is 1. The van der Waals surface area contributed by atoms with Gasteiger partial charge in [0.15, 0.2) is 5.16 Å². The summed E-state index contributed by atoms with van der Waals surface area (Å²) in [5, 5.41) is 0.875. The van der Waals surface area contributed by atoms with Gasteiger partial charge in [0.25, 0.3) is 0 Å². The number of methoxy groups -OCH3 is 1. The highest BCUT2D eigenvalue weighted by Gasteiger charge is 2.29. The van der Waals surface area contributed by atoms with Crippen LogP contribution in [0.15, 0.2) is 52.5 Å². The average Bonchev–Trinajstić information content (AvgIpc) is 3.51. The molecule has 188 valence electrons. The van der Waals surface area contributed by atoms with Crippen LogP contribution in [0.25, 0.3) is 11.0 Å². The molecule has 2 atom stereocenters. The van der Waals surface area contributed by atoms with Gasteiger partial charge >= 0.3 is 0 Å². The molecule has 2 saturated heterocycles. The van der Waals surface area contributed by atoms with Crippen molar-refractivity contribution in [3.05, 3.63) is 48.0 Å². The summed E-state index contributed by atoms with van der Waals surface area (Å²) in [4.78, 5) is 5.23. The number of rotatable bonds is 8. The number of hydrogen-bond donors (Lipinski definition) is 0. The molecule has 0 amide bonds. The van der Waals surface area contributed by atoms with Gasteiger partial charge in [-0.1, -0.05) is 30.8 Å². The van der Waals surface area contributed by atoms with Crippen LogP contribution in [0, 0.1) is 5.92 Å². The van der Waals surface area contributed by atoms with Crippen molar-refractivity contribution in [2.75, 3.05) is 26.8 Å². The molecule has 1 aromatic heterocycles. The van der Waals surface area contributed by atoms with E-state index >= 15 is 0 Å². The van der Waals surface area contributed by atoms with Gasteiger partial charge in [0.1, 0.15) is 5.75 Å². The van der Waals surface area contributed by atoms with Crippen LogP contribution < -0.4 is 4.74 Å². The predicted octanol–water partition coefficient (Wildman–Crippen LogP) is 4.94. The van der Waals surface area contributed by atoms with E-state index in [1.54, 1.807) is 35.3 Å². The number of benzene rings is 2. The van der Waals surface area contributed by atoms with Crippen molar-refractivity contribution >= 4 is 32.8 Å². The Morgan fingerprint density at radius 2 is 2.06 bits per heavy atom. The maximum atomic E-state index is 13.4. The van der Waals surface area contributed by atoms with Crippen molar-refractivity contribution in [3.8, 4) is 5.75 Å². The Bertz CT molecular complexity index is 1280. The number of aromatic nitrogens is 2. The molecule has 5 rings (SSSR count). The lowest BCUT2D eigenvalue weighted by Crippen LogP contribution is -2.39. The van der Waals surface area contributed by atoms with Crippen molar-refractivity contribution < 1.29 is 17.9 Å². The second kappa shape index (κ2) is 10.5. The summed E-state index contributed by atoms with van der Waals surface area (Å²) >= 11 is 1.65. The minimum Gasteiger partial charge on any atom is -0.497 e. The van der Waals surface area contributed by atoms with Crippen molar-refractivity contribution in [2.24, 2.45) is 5.92 Å². The molecule has 2 fully saturated rings. The molecule has 0 bridgehead atoms. The zero-order valence-corrected chi connectivity index (χ0v) is 22.0. The first-order valence-corrected chi connectivity index (χ1v) is 14.7. The fraction of sp³-hybridized carbons (Fsp3) is 0.500. The number of thioether (sulfide) groups is 1. The maximum absolute atomic E-state index is 13.4. The van der Waals surface area contributed by atoms with Crippen LogP contribution >= 0.6 is 11.8 Å². The van der Waals surface area contributed by atoms with Gasteiger partial charge in [0.05, 0.1) is 35.7 Å². The van der Waals surface area contributed by atoms with E-state index in [4.69, 9.17) is 14.5 Å². The van der Waals surface area contributed by atoms with Crippen molar-refractivity contribution in [1.82, 2.24) is 13.9 Å². The highest BCUT2D eigenvalue weighted by atomic mass is 32.2. The van der Waals surface area contributed by atoms with Crippen LogP contribution in [0.5, 0.6) is 5.75 Å². The van der Waals surface area contributed by atoms with Crippen molar-refractivity contribution in [1.29, 1.82) is 0 Å². The Hall–Kier alpha value is -2.07. The third-order valence-electron chi connectivity index (χ3n) is 6.85. The summed E-state index contributed by atoms with van der Waals surface area (Å²) in [6, 6.07) is 13.4. The monoisotopic (exact) mass is 515 g/mol. The standard InChI is InChI=1S/C26H33N3O4S2/c1-19-6-4-12-28(16-19)35(30,31)23-10-11-25-24(15-23)27-26(29(25)17-22-9-5-13-33-22)34-18-20-7-3-8-21(14-20)32-2/h3,7-8,10-11,14-15,19,22H,4-6,9,12-13,16-18H2,1-2H3/t19-,22-/m1/s1. The molecule has 0 spiro atoms. The molecule has 2 aliphatic rings. The van der Waals surface area contributed by atoms with E-state index in [0.717, 1.165) is 60.0 Å². The molecular weight excluding hydrogens is 482 g/mol. The molecule has 35 heavy (non-hydrogen) atoms. The van der Waals surface area contributed by atoms with E-state index in [-0.39, 0.29) is 6.10 Å². The van der Waals surface area contributed by atoms with E-state index in [0.29, 0.717) is 36.0 Å². The minimum atomic E-state index is -3.54. The molecule has 3 heterocycles. The Morgan fingerprint density at radius 1 is 1.17 bits per heavy atom. The second-order valence-electron chi connectivity index (χ2n) is 9.54. The molecule has 0 radical (unpaired) electrons. The summed E-state index contributed by atoms with van der Waals surface area (Å²) in [6.07, 6.45) is 4.23. The molecule has 0 unspecified atom stereocenters. The second-order valence-corrected chi connectivity index (χ2v) is 12.4. The van der Waals surface area contributed by atoms with Crippen LogP contribution in [0.1, 0.15) is 38.2 Å². The van der Waals surface area contributed by atoms with E-state index in [1.807, 2.05) is 24.3 Å². The highest BCUT2D eigenvalue weighted by molar-refractivity contribution is 7.98. The lowest BCUT2D eigenvalue weighted by atomic mass is 10.0. The third-order valence-corrected chi connectivity index (χ3v) is 9.76. The topological polar surface area (TPSA) is 73.7 Å². The van der Waals surface area contributed by atoms with Crippen LogP contribution in [0.3, 0.4) is 0 Å². The normalized spacial score (nSPS) is 21.5. The molecule has 2 aromatic carbocycles. The summed E-state index contributed by atoms with van der Waals surface area (Å²) < 4.78 is 41.8. The predicted molar refractivity (Wildman–Crippen MR) is 138 cm³/mol. The molecule has 9 heteroatoms. The lowest BCUT2D eigenvalue weighted by Gasteiger charge is -2.30. The number of sulfonamides is 1. The molecule has 3 aromatic rings. The maximum Gasteiger partial charge on any atom is 0.243 e. The Morgan fingerprint density at radius 3 is 2.83 bits per heavy atom. The van der Waals surface area contributed by atoms with Crippen LogP contribution in [-0.2, 0) is 27.1 Å². The quantitative estimate of drug-likeness (QED) is 0.396. The van der Waals surface area contributed by atoms with Crippen LogP contribution in [0.2, 0.25) is 0 Å². The van der Waals surface area contributed by atoms with Crippen molar-refractivity contribution in [3.63, 3.8) is 0 Å². The van der Waals surface area contributed by atoms with Crippen LogP contribution in [-0.4, -0.2) is 55.2 Å². The van der Waals surface area contributed by atoms with E-state index in [2.05, 4.69) is 17.6 Å². The fourth-order valence-electron chi connectivity index (χ4n) is 4.95. The van der Waals surface area contributed by atoms with E-state index in [1.165, 1.54) is 0 Å². The molecule has 0 N–H and O–H groups in total. The van der Waals surface area contributed by atoms with Crippen molar-refractivity contribution in [2.45, 2.75) is 61.1 Å². The number of imidazole rings is 1. The number of hydrogen-bond acceptors (Lipinski definition) is 6. The zero-order chi connectivity index (χ0) is 24.4. The van der Waals surface area contributed by atoms with Gasteiger partial charge in [-0.15, -0.1) is 0 Å². The molecule has 7 nitrogen and oxygen atoms in total. The Kier molecular flexibility index (Phi) is 7.39. The van der Waals surface area contributed by atoms with Crippen LogP contribution in [0.4, 0.5) is 0 Å². The van der Waals surface area contributed by atoms with Gasteiger partial charge in [-0.25, -0.2) is 13.4 Å². The molecule has 2 aliphatic heterocycles. The van der Waals surface area contributed by atoms with E-state index < -0.39 is 10.0 Å². The zero-order valence-electron chi connectivity index (χ0n) is 20.4. The summed E-state index contributed by atoms with van der Waals surface area (Å²) in [7, 11) is -1.87. The smallest absolute Gasteiger partial charge is 0.243 e. The first-order valence-electron chi connectivity index (χ1n) is 12.3. The largest absolute Gasteiger partial charge is 0.497 e. The Balaban J connectivity index is 1.46. The van der Waals surface area contributed by atoms with Gasteiger partial charge in [-0.3, -0.25) is 0 Å². The first-order chi connectivity index (χ1) is 16.9. The van der Waals surface area contributed by atoms with Gasteiger partial charge in [0, 0.05) is 25.4 Å². The fourth-order valence-corrected chi connectivity index (χ4v) is 7.54. The van der Waals surface area contributed by atoms with Gasteiger partial charge in [-0.05, 0) is 67.5 Å². The average molecular weight is 516 g/mol. The lowest BCUT2D eigenvalue weighted by molar-refractivity contribution is 0.0960. The highest BCUT2D eigenvalue weighted by Crippen LogP contribution is 2.32. The minimum absolute atomic E-state index is 0.154. The summed E-state index contributed by atoms with van der Waals surface area (Å²) in [5.41, 5.74) is 2.80. The molecular formula is C26H33N3O4S2. The molecule has 0 aliphatic carbocycles. The first kappa shape index (κ1) is 24.6. The number of nitrogens with zero attached hydrogens (tertiary/aromatic N) is 3. The SMILES string of the molecule is COc1cccc(CSc2nc3cc(S(=O)(=O)N4CCC[C@@H](C)C4)ccc3n2C[C@H]2CCCO2)c1. The van der Waals surface area contributed by atoms with E-state index in [9.17, 15) is 8.42 Å². The van der Waals surface area contributed by atoms with Gasteiger partial charge in [0.2, 0.25) is 10.0 Å². The summed E-state index contributed by atoms with van der Waals surface area (Å²) in [6.45, 7) is 4.78. The van der Waals surface area contributed by atoms with Gasteiger partial charge in [-0.2, -0.15) is 4.31 Å². The van der Waals surface area contributed by atoms with Gasteiger partial charge < -0.3 is 14.0 Å². The molecule has 0 saturated carbocycles. The number of piperidine rings is 1. The summed E-state index contributed by atoms with van der Waals surface area (Å²) in [5.74, 6) is 1.95.